The summed E-state index contributed by atoms with van der Waals surface area (Å²) in [5.41, 5.74) is 6.90. The van der Waals surface area contributed by atoms with E-state index in [9.17, 15) is 8.42 Å². The quantitative estimate of drug-likeness (QED) is 0.728. The topological polar surface area (TPSA) is 63.4 Å². The van der Waals surface area contributed by atoms with Crippen LogP contribution in [0.3, 0.4) is 0 Å². The number of hydrogen-bond acceptors (Lipinski definition) is 3. The largest absolute Gasteiger partial charge is 0.399 e. The van der Waals surface area contributed by atoms with Gasteiger partial charge in [-0.2, -0.15) is 0 Å². The Labute approximate surface area is 89.7 Å². The lowest BCUT2D eigenvalue weighted by Gasteiger charge is -2.16. The van der Waals surface area contributed by atoms with Gasteiger partial charge in [0.2, 0.25) is 10.0 Å². The molecule has 1 aliphatic rings. The molecule has 0 radical (unpaired) electrons. The van der Waals surface area contributed by atoms with Crippen LogP contribution in [0, 0.1) is 5.92 Å². The SMILES string of the molecule is CC1CN(c2ccc(N)cc2)S(=O)(=O)C1. The maximum absolute atomic E-state index is 11.8. The Morgan fingerprint density at radius 1 is 1.33 bits per heavy atom. The molecule has 1 heterocycles. The van der Waals surface area contributed by atoms with E-state index in [1.807, 2.05) is 6.92 Å². The standard InChI is InChI=1S/C10H14N2O2S/c1-8-6-12(15(13,14)7-8)10-4-2-9(11)3-5-10/h2-5,8H,6-7,11H2,1H3. The number of nitrogen functional groups attached to an aromatic ring is 1. The third-order valence-electron chi connectivity index (χ3n) is 2.49. The van der Waals surface area contributed by atoms with Crippen LogP contribution in [-0.4, -0.2) is 20.7 Å². The second-order valence-electron chi connectivity index (χ2n) is 4.01. The molecule has 4 nitrogen and oxygen atoms in total. The van der Waals surface area contributed by atoms with Gasteiger partial charge in [-0.25, -0.2) is 8.42 Å². The van der Waals surface area contributed by atoms with Gasteiger partial charge in [0.25, 0.3) is 0 Å². The fraction of sp³-hybridized carbons (Fsp3) is 0.400. The molecule has 0 amide bonds. The zero-order chi connectivity index (χ0) is 11.1. The summed E-state index contributed by atoms with van der Waals surface area (Å²) in [6, 6.07) is 6.91. The number of sulfonamides is 1. The molecule has 5 heteroatoms. The summed E-state index contributed by atoms with van der Waals surface area (Å²) >= 11 is 0. The molecule has 1 aromatic carbocycles. The molecule has 15 heavy (non-hydrogen) atoms. The van der Waals surface area contributed by atoms with Crippen LogP contribution in [0.15, 0.2) is 24.3 Å². The zero-order valence-corrected chi connectivity index (χ0v) is 9.37. The van der Waals surface area contributed by atoms with Gasteiger partial charge in [0.1, 0.15) is 0 Å². The summed E-state index contributed by atoms with van der Waals surface area (Å²) in [6.07, 6.45) is 0. The highest BCUT2D eigenvalue weighted by Crippen LogP contribution is 2.27. The highest BCUT2D eigenvalue weighted by molar-refractivity contribution is 7.93. The van der Waals surface area contributed by atoms with E-state index in [1.165, 1.54) is 4.31 Å². The zero-order valence-electron chi connectivity index (χ0n) is 8.55. The Bertz CT molecular complexity index is 453. The molecule has 1 unspecified atom stereocenters. The van der Waals surface area contributed by atoms with Crippen molar-refractivity contribution in [3.63, 3.8) is 0 Å². The molecule has 1 saturated heterocycles. The normalized spacial score (nSPS) is 24.3. The van der Waals surface area contributed by atoms with Gasteiger partial charge in [0.05, 0.1) is 11.4 Å². The molecule has 0 aliphatic carbocycles. The Morgan fingerprint density at radius 2 is 1.93 bits per heavy atom. The van der Waals surface area contributed by atoms with Crippen molar-refractivity contribution < 1.29 is 8.42 Å². The molecule has 0 aromatic heterocycles. The number of nitrogens with zero attached hydrogens (tertiary/aromatic N) is 1. The highest BCUT2D eigenvalue weighted by Gasteiger charge is 2.33. The Balaban J connectivity index is 2.36. The molecule has 0 spiro atoms. The average Bonchev–Trinajstić information content (AvgIpc) is 2.41. The van der Waals surface area contributed by atoms with Crippen molar-refractivity contribution in [3.05, 3.63) is 24.3 Å². The number of rotatable bonds is 1. The number of anilines is 2. The van der Waals surface area contributed by atoms with E-state index in [2.05, 4.69) is 0 Å². The van der Waals surface area contributed by atoms with Gasteiger partial charge in [0.15, 0.2) is 0 Å². The molecular weight excluding hydrogens is 212 g/mol. The van der Waals surface area contributed by atoms with Gasteiger partial charge in [0, 0.05) is 12.2 Å². The van der Waals surface area contributed by atoms with Crippen LogP contribution < -0.4 is 10.0 Å². The summed E-state index contributed by atoms with van der Waals surface area (Å²) in [4.78, 5) is 0. The van der Waals surface area contributed by atoms with Crippen molar-refractivity contribution in [2.45, 2.75) is 6.92 Å². The van der Waals surface area contributed by atoms with Gasteiger partial charge in [-0.1, -0.05) is 6.92 Å². The van der Waals surface area contributed by atoms with Crippen LogP contribution >= 0.6 is 0 Å². The van der Waals surface area contributed by atoms with Gasteiger partial charge < -0.3 is 5.73 Å². The smallest absolute Gasteiger partial charge is 0.235 e. The van der Waals surface area contributed by atoms with Crippen molar-refractivity contribution in [1.29, 1.82) is 0 Å². The second kappa shape index (κ2) is 3.41. The molecule has 82 valence electrons. The van der Waals surface area contributed by atoms with Crippen LogP contribution in [-0.2, 0) is 10.0 Å². The van der Waals surface area contributed by atoms with Crippen LogP contribution in [0.1, 0.15) is 6.92 Å². The average molecular weight is 226 g/mol. The Hall–Kier alpha value is -1.23. The Morgan fingerprint density at radius 3 is 2.40 bits per heavy atom. The lowest BCUT2D eigenvalue weighted by atomic mass is 10.2. The fourth-order valence-electron chi connectivity index (χ4n) is 1.81. The number of benzene rings is 1. The molecule has 0 saturated carbocycles. The minimum atomic E-state index is -3.11. The van der Waals surface area contributed by atoms with Gasteiger partial charge >= 0.3 is 0 Å². The van der Waals surface area contributed by atoms with E-state index < -0.39 is 10.0 Å². The second-order valence-corrected chi connectivity index (χ2v) is 5.94. The first-order valence-corrected chi connectivity index (χ1v) is 6.46. The van der Waals surface area contributed by atoms with Crippen molar-refractivity contribution >= 4 is 21.4 Å². The highest BCUT2D eigenvalue weighted by atomic mass is 32.2. The van der Waals surface area contributed by atoms with Gasteiger partial charge in [-0.15, -0.1) is 0 Å². The van der Waals surface area contributed by atoms with Crippen LogP contribution in [0.2, 0.25) is 0 Å². The number of nitrogens with two attached hydrogens (primary N) is 1. The summed E-state index contributed by atoms with van der Waals surface area (Å²) < 4.78 is 25.0. The minimum absolute atomic E-state index is 0.188. The lowest BCUT2D eigenvalue weighted by Crippen LogP contribution is -2.25. The van der Waals surface area contributed by atoms with Crippen molar-refractivity contribution in [2.75, 3.05) is 22.3 Å². The molecule has 0 bridgehead atoms. The molecule has 1 aliphatic heterocycles. The van der Waals surface area contributed by atoms with Gasteiger partial charge in [-0.3, -0.25) is 4.31 Å². The van der Waals surface area contributed by atoms with Crippen molar-refractivity contribution in [3.8, 4) is 0 Å². The van der Waals surface area contributed by atoms with E-state index in [4.69, 9.17) is 5.73 Å². The molecule has 1 fully saturated rings. The monoisotopic (exact) mass is 226 g/mol. The predicted molar refractivity (Wildman–Crippen MR) is 61.2 cm³/mol. The summed E-state index contributed by atoms with van der Waals surface area (Å²) in [7, 11) is -3.11. The first kappa shape index (κ1) is 10.3. The molecule has 1 atom stereocenters. The Kier molecular flexibility index (Phi) is 2.34. The molecular formula is C10H14N2O2S. The maximum Gasteiger partial charge on any atom is 0.235 e. The molecule has 2 N–H and O–H groups in total. The van der Waals surface area contributed by atoms with Crippen molar-refractivity contribution in [2.24, 2.45) is 5.92 Å². The van der Waals surface area contributed by atoms with E-state index in [0.29, 0.717) is 17.9 Å². The predicted octanol–water partition coefficient (Wildman–Crippen LogP) is 1.05. The van der Waals surface area contributed by atoms with E-state index in [-0.39, 0.29) is 11.7 Å². The maximum atomic E-state index is 11.8. The minimum Gasteiger partial charge on any atom is -0.399 e. The summed E-state index contributed by atoms with van der Waals surface area (Å²) in [5, 5.41) is 0. The first-order valence-electron chi connectivity index (χ1n) is 4.85. The summed E-state index contributed by atoms with van der Waals surface area (Å²) in [5.74, 6) is 0.421. The third-order valence-corrected chi connectivity index (χ3v) is 4.51. The van der Waals surface area contributed by atoms with Crippen LogP contribution in [0.5, 0.6) is 0 Å². The van der Waals surface area contributed by atoms with Crippen LogP contribution in [0.25, 0.3) is 0 Å². The van der Waals surface area contributed by atoms with E-state index in [0.717, 1.165) is 0 Å². The van der Waals surface area contributed by atoms with E-state index in [1.54, 1.807) is 24.3 Å². The van der Waals surface area contributed by atoms with Crippen molar-refractivity contribution in [1.82, 2.24) is 0 Å². The van der Waals surface area contributed by atoms with Crippen LogP contribution in [0.4, 0.5) is 11.4 Å². The van der Waals surface area contributed by atoms with Gasteiger partial charge in [-0.05, 0) is 30.2 Å². The van der Waals surface area contributed by atoms with E-state index >= 15 is 0 Å². The molecule has 1 aromatic rings. The lowest BCUT2D eigenvalue weighted by molar-refractivity contribution is 0.598. The third kappa shape index (κ3) is 1.92. The summed E-state index contributed by atoms with van der Waals surface area (Å²) in [6.45, 7) is 2.50. The first-order chi connectivity index (χ1) is 6.99. The molecule has 2 rings (SSSR count). The fourth-order valence-corrected chi connectivity index (χ4v) is 3.73. The number of hydrogen-bond donors (Lipinski definition) is 1.